The number of nitrogens with zero attached hydrogens (tertiary/aromatic N) is 3. The fraction of sp³-hybridized carbons (Fsp3) is 0.280. The maximum atomic E-state index is 13.0. The van der Waals surface area contributed by atoms with Gasteiger partial charge in [-0.3, -0.25) is 19.6 Å². The van der Waals surface area contributed by atoms with E-state index in [4.69, 9.17) is 11.6 Å². The molecule has 34 heavy (non-hydrogen) atoms. The Labute approximate surface area is 204 Å². The number of carbonyl (C=O) groups is 2. The van der Waals surface area contributed by atoms with E-state index in [1.54, 1.807) is 30.3 Å². The number of hydrogen-bond acceptors (Lipinski definition) is 4. The molecule has 2 aromatic carbocycles. The van der Waals surface area contributed by atoms with E-state index >= 15 is 0 Å². The number of aliphatic imine (C=N–C) groups is 1. The highest BCUT2D eigenvalue weighted by Crippen LogP contribution is 2.23. The number of benzene rings is 2. The molecular weight excluding hydrogens is 452 g/mol. The largest absolute Gasteiger partial charge is 0.326 e. The predicted octanol–water partition coefficient (Wildman–Crippen LogP) is 4.84. The normalized spacial score (nSPS) is 11.3. The van der Waals surface area contributed by atoms with Crippen molar-refractivity contribution in [1.29, 1.82) is 0 Å². The zero-order valence-electron chi connectivity index (χ0n) is 20.0. The molecule has 9 heteroatoms. The van der Waals surface area contributed by atoms with Crippen LogP contribution >= 0.6 is 11.6 Å². The smallest absolute Gasteiger partial charge is 0.257 e. The summed E-state index contributed by atoms with van der Waals surface area (Å²) in [5, 5.41) is 13.9. The van der Waals surface area contributed by atoms with Crippen LogP contribution in [0.4, 0.5) is 11.4 Å². The number of hydrogen-bond donors (Lipinski definition) is 3. The SMILES string of the molecule is CCn1nc(C)c(CN=C(NC(=O)c2ccc(NC(C)=O)cc2)Nc2cccc(Cl)c2C)c1C. The second kappa shape index (κ2) is 11.0. The number of aromatic nitrogens is 2. The van der Waals surface area contributed by atoms with Gasteiger partial charge in [0.15, 0.2) is 0 Å². The van der Waals surface area contributed by atoms with Gasteiger partial charge in [0.1, 0.15) is 0 Å². The molecule has 178 valence electrons. The predicted molar refractivity (Wildman–Crippen MR) is 137 cm³/mol. The number of aryl methyl sites for hydroxylation is 2. The Balaban J connectivity index is 1.87. The summed E-state index contributed by atoms with van der Waals surface area (Å²) in [6.07, 6.45) is 0. The Morgan fingerprint density at radius 1 is 1.06 bits per heavy atom. The van der Waals surface area contributed by atoms with Crippen molar-refractivity contribution in [3.8, 4) is 0 Å². The van der Waals surface area contributed by atoms with E-state index in [-0.39, 0.29) is 11.8 Å². The van der Waals surface area contributed by atoms with Crippen molar-refractivity contribution in [3.63, 3.8) is 0 Å². The van der Waals surface area contributed by atoms with E-state index in [0.717, 1.165) is 34.7 Å². The highest BCUT2D eigenvalue weighted by Gasteiger charge is 2.14. The lowest BCUT2D eigenvalue weighted by Gasteiger charge is -2.15. The quantitative estimate of drug-likeness (QED) is 0.347. The van der Waals surface area contributed by atoms with Crippen molar-refractivity contribution in [2.45, 2.75) is 47.7 Å². The van der Waals surface area contributed by atoms with Gasteiger partial charge in [0, 0.05) is 46.7 Å². The van der Waals surface area contributed by atoms with Gasteiger partial charge >= 0.3 is 0 Å². The molecule has 1 aromatic heterocycles. The molecule has 2 amide bonds. The van der Waals surface area contributed by atoms with Crippen LogP contribution in [0.1, 0.15) is 46.7 Å². The summed E-state index contributed by atoms with van der Waals surface area (Å²) in [6, 6.07) is 12.1. The zero-order valence-corrected chi connectivity index (χ0v) is 20.7. The minimum Gasteiger partial charge on any atom is -0.326 e. The third kappa shape index (κ3) is 6.02. The summed E-state index contributed by atoms with van der Waals surface area (Å²) in [7, 11) is 0. The molecular formula is C25H29ClN6O2. The Hall–Kier alpha value is -3.65. The monoisotopic (exact) mass is 480 g/mol. The molecule has 0 atom stereocenters. The Morgan fingerprint density at radius 3 is 2.38 bits per heavy atom. The van der Waals surface area contributed by atoms with Crippen LogP contribution in [0, 0.1) is 20.8 Å². The number of amides is 2. The topological polar surface area (TPSA) is 100 Å². The van der Waals surface area contributed by atoms with Crippen molar-refractivity contribution in [2.24, 2.45) is 4.99 Å². The van der Waals surface area contributed by atoms with Crippen LogP contribution in [0.3, 0.4) is 0 Å². The number of anilines is 2. The van der Waals surface area contributed by atoms with Crippen molar-refractivity contribution in [3.05, 3.63) is 75.6 Å². The minimum atomic E-state index is -0.335. The first-order valence-electron chi connectivity index (χ1n) is 11.0. The summed E-state index contributed by atoms with van der Waals surface area (Å²) in [6.45, 7) is 10.4. The van der Waals surface area contributed by atoms with Crippen LogP contribution in [0.5, 0.6) is 0 Å². The number of carbonyl (C=O) groups excluding carboxylic acids is 2. The maximum absolute atomic E-state index is 13.0. The summed E-state index contributed by atoms with van der Waals surface area (Å²) < 4.78 is 1.93. The van der Waals surface area contributed by atoms with Crippen LogP contribution in [-0.2, 0) is 17.9 Å². The molecule has 3 aromatic rings. The second-order valence-corrected chi connectivity index (χ2v) is 8.29. The van der Waals surface area contributed by atoms with E-state index in [9.17, 15) is 9.59 Å². The Morgan fingerprint density at radius 2 is 1.76 bits per heavy atom. The van der Waals surface area contributed by atoms with Crippen molar-refractivity contribution in [2.75, 3.05) is 10.6 Å². The van der Waals surface area contributed by atoms with Crippen molar-refractivity contribution < 1.29 is 9.59 Å². The molecule has 0 aliphatic carbocycles. The maximum Gasteiger partial charge on any atom is 0.257 e. The lowest BCUT2D eigenvalue weighted by molar-refractivity contribution is -0.114. The summed E-state index contributed by atoms with van der Waals surface area (Å²) in [4.78, 5) is 28.9. The van der Waals surface area contributed by atoms with E-state index in [1.807, 2.05) is 44.5 Å². The van der Waals surface area contributed by atoms with Gasteiger partial charge in [-0.2, -0.15) is 5.10 Å². The second-order valence-electron chi connectivity index (χ2n) is 7.88. The molecule has 0 saturated heterocycles. The molecule has 0 aliphatic rings. The number of nitrogens with one attached hydrogen (secondary N) is 3. The molecule has 0 aliphatic heterocycles. The molecule has 0 saturated carbocycles. The van der Waals surface area contributed by atoms with Gasteiger partial charge in [0.05, 0.1) is 12.2 Å². The zero-order chi connectivity index (χ0) is 24.8. The molecule has 8 nitrogen and oxygen atoms in total. The van der Waals surface area contributed by atoms with Crippen LogP contribution in [-0.4, -0.2) is 27.6 Å². The van der Waals surface area contributed by atoms with Crippen LogP contribution < -0.4 is 16.0 Å². The third-order valence-corrected chi connectivity index (χ3v) is 5.86. The average molecular weight is 481 g/mol. The summed E-state index contributed by atoms with van der Waals surface area (Å²) >= 11 is 6.27. The Kier molecular flexibility index (Phi) is 8.07. The molecule has 1 heterocycles. The Bertz CT molecular complexity index is 1230. The number of rotatable bonds is 6. The highest BCUT2D eigenvalue weighted by molar-refractivity contribution is 6.31. The molecule has 0 bridgehead atoms. The van der Waals surface area contributed by atoms with Crippen molar-refractivity contribution in [1.82, 2.24) is 15.1 Å². The van der Waals surface area contributed by atoms with Gasteiger partial charge < -0.3 is 10.6 Å². The average Bonchev–Trinajstić information content (AvgIpc) is 3.07. The van der Waals surface area contributed by atoms with Gasteiger partial charge in [-0.1, -0.05) is 17.7 Å². The standard InChI is InChI=1S/C25H29ClN6O2/c1-6-32-17(4)21(16(3)31-32)14-27-25(29-23-9-7-8-22(26)15(23)2)30-24(34)19-10-12-20(13-11-19)28-18(5)33/h7-13H,6,14H2,1-5H3,(H,28,33)(H2,27,29,30,34). The van der Waals surface area contributed by atoms with Crippen LogP contribution in [0.2, 0.25) is 5.02 Å². The number of guanidine groups is 1. The van der Waals surface area contributed by atoms with Gasteiger partial charge in [-0.05, 0) is 69.7 Å². The highest BCUT2D eigenvalue weighted by atomic mass is 35.5. The van der Waals surface area contributed by atoms with E-state index < -0.39 is 0 Å². The minimum absolute atomic E-state index is 0.176. The van der Waals surface area contributed by atoms with Gasteiger partial charge in [0.2, 0.25) is 11.9 Å². The van der Waals surface area contributed by atoms with Gasteiger partial charge in [-0.25, -0.2) is 4.99 Å². The van der Waals surface area contributed by atoms with Crippen LogP contribution in [0.15, 0.2) is 47.5 Å². The molecule has 3 N–H and O–H groups in total. The number of halogens is 1. The first-order chi connectivity index (χ1) is 16.2. The first kappa shape index (κ1) is 25.0. The lowest BCUT2D eigenvalue weighted by atomic mass is 10.2. The summed E-state index contributed by atoms with van der Waals surface area (Å²) in [5.74, 6) is -0.216. The van der Waals surface area contributed by atoms with Crippen molar-refractivity contribution >= 4 is 40.7 Å². The fourth-order valence-electron chi connectivity index (χ4n) is 3.50. The molecule has 0 spiro atoms. The lowest BCUT2D eigenvalue weighted by Crippen LogP contribution is -2.36. The molecule has 3 rings (SSSR count). The first-order valence-corrected chi connectivity index (χ1v) is 11.4. The van der Waals surface area contributed by atoms with E-state index in [1.165, 1.54) is 6.92 Å². The van der Waals surface area contributed by atoms with E-state index in [2.05, 4.69) is 26.0 Å². The van der Waals surface area contributed by atoms with E-state index in [0.29, 0.717) is 28.8 Å². The molecule has 0 unspecified atom stereocenters. The van der Waals surface area contributed by atoms with Gasteiger partial charge in [-0.15, -0.1) is 0 Å². The van der Waals surface area contributed by atoms with Crippen LogP contribution in [0.25, 0.3) is 0 Å². The molecule has 0 fully saturated rings. The third-order valence-electron chi connectivity index (χ3n) is 5.45. The van der Waals surface area contributed by atoms with Gasteiger partial charge in [0.25, 0.3) is 5.91 Å². The molecule has 0 radical (unpaired) electrons. The fourth-order valence-corrected chi connectivity index (χ4v) is 3.67. The summed E-state index contributed by atoms with van der Waals surface area (Å²) in [5.41, 5.74) is 5.59.